The molecule has 5 nitrogen and oxygen atoms in total. The molecule has 0 aliphatic heterocycles. The van der Waals surface area contributed by atoms with Crippen molar-refractivity contribution in [2.45, 2.75) is 6.54 Å². The van der Waals surface area contributed by atoms with Gasteiger partial charge in [-0.1, -0.05) is 48.0 Å². The van der Waals surface area contributed by atoms with Gasteiger partial charge >= 0.3 is 0 Å². The first-order valence-corrected chi connectivity index (χ1v) is 8.45. The van der Waals surface area contributed by atoms with Crippen LogP contribution in [-0.2, 0) is 11.3 Å². The number of nitrogens with zero attached hydrogens (tertiary/aromatic N) is 2. The van der Waals surface area contributed by atoms with E-state index in [1.165, 1.54) is 0 Å². The smallest absolute Gasteiger partial charge is 0.277 e. The van der Waals surface area contributed by atoms with Gasteiger partial charge in [0.05, 0.1) is 11.2 Å². The highest BCUT2D eigenvalue weighted by Crippen LogP contribution is 2.23. The minimum absolute atomic E-state index is 0.167. The van der Waals surface area contributed by atoms with Crippen LogP contribution in [0, 0.1) is 0 Å². The van der Waals surface area contributed by atoms with Gasteiger partial charge in [0.25, 0.3) is 5.91 Å². The number of hydrogen-bond donors (Lipinski definition) is 1. The molecule has 1 aromatic heterocycles. The van der Waals surface area contributed by atoms with Crippen LogP contribution in [0.5, 0.6) is 5.75 Å². The molecule has 0 unspecified atom stereocenters. The third kappa shape index (κ3) is 4.13. The van der Waals surface area contributed by atoms with E-state index in [2.05, 4.69) is 21.7 Å². The number of rotatable bonds is 7. The zero-order valence-electron chi connectivity index (χ0n) is 14.1. The molecule has 0 radical (unpaired) electrons. The number of allylic oxidation sites excluding steroid dienone is 1. The first kappa shape index (κ1) is 17.8. The number of carbonyl (C=O) groups is 1. The number of ether oxygens (including phenoxy) is 1. The van der Waals surface area contributed by atoms with Crippen molar-refractivity contribution < 1.29 is 9.53 Å². The molecule has 0 aliphatic carbocycles. The number of para-hydroxylation sites is 2. The van der Waals surface area contributed by atoms with Gasteiger partial charge in [0.1, 0.15) is 5.75 Å². The van der Waals surface area contributed by atoms with Crippen molar-refractivity contribution in [2.75, 3.05) is 6.61 Å². The van der Waals surface area contributed by atoms with Crippen LogP contribution in [0.1, 0.15) is 5.56 Å². The van der Waals surface area contributed by atoms with Crippen LogP contribution in [0.4, 0.5) is 0 Å². The summed E-state index contributed by atoms with van der Waals surface area (Å²) in [6, 6.07) is 15.0. The summed E-state index contributed by atoms with van der Waals surface area (Å²) in [6.07, 6.45) is 5.43. The zero-order chi connectivity index (χ0) is 18.4. The second-order valence-corrected chi connectivity index (χ2v) is 5.96. The van der Waals surface area contributed by atoms with E-state index in [4.69, 9.17) is 16.3 Å². The van der Waals surface area contributed by atoms with Crippen molar-refractivity contribution in [2.24, 2.45) is 5.10 Å². The number of aromatic nitrogens is 1. The van der Waals surface area contributed by atoms with Gasteiger partial charge in [-0.3, -0.25) is 4.79 Å². The Bertz CT molecular complexity index is 963. The Morgan fingerprint density at radius 2 is 2.00 bits per heavy atom. The fourth-order valence-electron chi connectivity index (χ4n) is 2.58. The summed E-state index contributed by atoms with van der Waals surface area (Å²) in [5, 5.41) is 5.54. The monoisotopic (exact) mass is 367 g/mol. The summed E-state index contributed by atoms with van der Waals surface area (Å²) < 4.78 is 7.45. The van der Waals surface area contributed by atoms with Crippen molar-refractivity contribution in [3.63, 3.8) is 0 Å². The molecule has 2 aromatic carbocycles. The Hall–Kier alpha value is -3.05. The normalized spacial score (nSPS) is 11.0. The number of halogens is 1. The SMILES string of the molecule is C=CCn1cc(/C=N\NC(=O)COc2ccccc2Cl)c2ccccc21. The molecule has 3 aromatic rings. The largest absolute Gasteiger partial charge is 0.482 e. The van der Waals surface area contributed by atoms with E-state index in [0.29, 0.717) is 17.3 Å². The Kier molecular flexibility index (Phi) is 5.71. The van der Waals surface area contributed by atoms with Gasteiger partial charge < -0.3 is 9.30 Å². The van der Waals surface area contributed by atoms with Crippen molar-refractivity contribution in [3.05, 3.63) is 78.0 Å². The van der Waals surface area contributed by atoms with E-state index in [-0.39, 0.29) is 12.5 Å². The maximum Gasteiger partial charge on any atom is 0.277 e. The lowest BCUT2D eigenvalue weighted by Crippen LogP contribution is -2.24. The summed E-state index contributed by atoms with van der Waals surface area (Å²) in [5.41, 5.74) is 4.46. The summed E-state index contributed by atoms with van der Waals surface area (Å²) >= 11 is 5.98. The summed E-state index contributed by atoms with van der Waals surface area (Å²) in [6.45, 7) is 4.31. The molecule has 1 N–H and O–H groups in total. The third-order valence-electron chi connectivity index (χ3n) is 3.73. The lowest BCUT2D eigenvalue weighted by Gasteiger charge is -2.06. The fourth-order valence-corrected chi connectivity index (χ4v) is 2.77. The Balaban J connectivity index is 1.63. The minimum Gasteiger partial charge on any atom is -0.482 e. The van der Waals surface area contributed by atoms with Gasteiger partial charge in [-0.2, -0.15) is 5.10 Å². The average Bonchev–Trinajstić information content (AvgIpc) is 2.99. The summed E-state index contributed by atoms with van der Waals surface area (Å²) in [5.74, 6) is 0.0943. The molecule has 6 heteroatoms. The van der Waals surface area contributed by atoms with Crippen molar-refractivity contribution in [1.29, 1.82) is 0 Å². The van der Waals surface area contributed by atoms with E-state index >= 15 is 0 Å². The Morgan fingerprint density at radius 1 is 1.23 bits per heavy atom. The first-order chi connectivity index (χ1) is 12.7. The van der Waals surface area contributed by atoms with Crippen LogP contribution in [-0.4, -0.2) is 23.3 Å². The predicted octanol–water partition coefficient (Wildman–Crippen LogP) is 4.01. The number of hydrogen-bond acceptors (Lipinski definition) is 3. The molecule has 1 amide bonds. The topological polar surface area (TPSA) is 55.6 Å². The highest BCUT2D eigenvalue weighted by atomic mass is 35.5. The van der Waals surface area contributed by atoms with Crippen LogP contribution >= 0.6 is 11.6 Å². The fraction of sp³-hybridized carbons (Fsp3) is 0.100. The standard InChI is InChI=1S/C20H18ClN3O2/c1-2-11-24-13-15(16-7-3-5-9-18(16)24)12-22-23-20(25)14-26-19-10-6-4-8-17(19)21/h2-10,12-13H,1,11,14H2,(H,23,25)/b22-12-. The van der Waals surface area contributed by atoms with Gasteiger partial charge in [0.15, 0.2) is 6.61 Å². The molecule has 0 saturated heterocycles. The van der Waals surface area contributed by atoms with Crippen molar-refractivity contribution in [1.82, 2.24) is 9.99 Å². The molecule has 0 spiro atoms. The van der Waals surface area contributed by atoms with Crippen molar-refractivity contribution >= 4 is 34.6 Å². The molecule has 3 rings (SSSR count). The molecule has 0 saturated carbocycles. The third-order valence-corrected chi connectivity index (χ3v) is 4.05. The first-order valence-electron chi connectivity index (χ1n) is 8.07. The lowest BCUT2D eigenvalue weighted by molar-refractivity contribution is -0.123. The minimum atomic E-state index is -0.365. The van der Waals surface area contributed by atoms with Gasteiger partial charge in [-0.15, -0.1) is 6.58 Å². The molecular weight excluding hydrogens is 350 g/mol. The zero-order valence-corrected chi connectivity index (χ0v) is 14.8. The van der Waals surface area contributed by atoms with Crippen LogP contribution in [0.2, 0.25) is 5.02 Å². The van der Waals surface area contributed by atoms with Crippen LogP contribution in [0.3, 0.4) is 0 Å². The molecule has 0 aliphatic rings. The van der Waals surface area contributed by atoms with Crippen LogP contribution < -0.4 is 10.2 Å². The molecular formula is C20H18ClN3O2. The Labute approximate surface area is 156 Å². The molecule has 1 heterocycles. The lowest BCUT2D eigenvalue weighted by atomic mass is 10.2. The maximum absolute atomic E-state index is 11.9. The van der Waals surface area contributed by atoms with E-state index in [1.54, 1.807) is 30.5 Å². The summed E-state index contributed by atoms with van der Waals surface area (Å²) in [4.78, 5) is 11.9. The van der Waals surface area contributed by atoms with E-state index in [0.717, 1.165) is 16.5 Å². The molecule has 0 bridgehead atoms. The van der Waals surface area contributed by atoms with E-state index < -0.39 is 0 Å². The predicted molar refractivity (Wildman–Crippen MR) is 105 cm³/mol. The number of fused-ring (bicyclic) bond motifs is 1. The van der Waals surface area contributed by atoms with E-state index in [1.807, 2.05) is 36.5 Å². The van der Waals surface area contributed by atoms with Crippen molar-refractivity contribution in [3.8, 4) is 5.75 Å². The number of carbonyl (C=O) groups excluding carboxylic acids is 1. The van der Waals surface area contributed by atoms with Crippen LogP contribution in [0.25, 0.3) is 10.9 Å². The number of hydrazone groups is 1. The van der Waals surface area contributed by atoms with E-state index in [9.17, 15) is 4.79 Å². The van der Waals surface area contributed by atoms with Crippen LogP contribution in [0.15, 0.2) is 72.5 Å². The van der Waals surface area contributed by atoms with Gasteiger partial charge in [-0.05, 0) is 18.2 Å². The Morgan fingerprint density at radius 3 is 2.81 bits per heavy atom. The highest BCUT2D eigenvalue weighted by Gasteiger charge is 2.06. The number of nitrogens with one attached hydrogen (secondary N) is 1. The molecule has 132 valence electrons. The second-order valence-electron chi connectivity index (χ2n) is 5.55. The average molecular weight is 368 g/mol. The number of amides is 1. The van der Waals surface area contributed by atoms with Gasteiger partial charge in [0.2, 0.25) is 0 Å². The quantitative estimate of drug-likeness (QED) is 0.389. The molecule has 0 fully saturated rings. The highest BCUT2D eigenvalue weighted by molar-refractivity contribution is 6.32. The van der Waals surface area contributed by atoms with Gasteiger partial charge in [-0.25, -0.2) is 5.43 Å². The second kappa shape index (κ2) is 8.36. The van der Waals surface area contributed by atoms with Gasteiger partial charge in [0, 0.05) is 29.2 Å². The maximum atomic E-state index is 11.9. The summed E-state index contributed by atoms with van der Waals surface area (Å²) in [7, 11) is 0. The number of benzene rings is 2. The molecule has 0 atom stereocenters. The molecule has 26 heavy (non-hydrogen) atoms.